The predicted octanol–water partition coefficient (Wildman–Crippen LogP) is 1.59. The minimum absolute atomic E-state index is 0.0927. The molecule has 0 radical (unpaired) electrons. The van der Waals surface area contributed by atoms with Crippen LogP contribution < -0.4 is 10.6 Å². The zero-order valence-electron chi connectivity index (χ0n) is 12.1. The number of carbonyl (C=O) groups excluding carboxylic acids is 1. The van der Waals surface area contributed by atoms with Crippen LogP contribution in [-0.2, 0) is 4.79 Å². The Hall–Kier alpha value is -0.820. The van der Waals surface area contributed by atoms with Crippen molar-refractivity contribution in [1.29, 1.82) is 0 Å². The third kappa shape index (κ3) is 3.18. The van der Waals surface area contributed by atoms with Gasteiger partial charge in [0.2, 0.25) is 5.91 Å². The number of hydrogen-bond acceptors (Lipinski definition) is 3. The molecule has 0 aromatic heterocycles. The summed E-state index contributed by atoms with van der Waals surface area (Å²) in [5.41, 5.74) is -2.77. The first kappa shape index (κ1) is 16.5. The quantitative estimate of drug-likeness (QED) is 0.739. The van der Waals surface area contributed by atoms with Crippen LogP contribution in [0.25, 0.3) is 0 Å². The van der Waals surface area contributed by atoms with Crippen LogP contribution >= 0.6 is 0 Å². The number of halogens is 3. The van der Waals surface area contributed by atoms with Crippen molar-refractivity contribution in [1.82, 2.24) is 10.6 Å². The maximum Gasteiger partial charge on any atom is 0.404 e. The van der Waals surface area contributed by atoms with Crippen molar-refractivity contribution >= 4 is 5.91 Å². The molecule has 0 bridgehead atoms. The Morgan fingerprint density at radius 2 is 1.86 bits per heavy atom. The predicted molar refractivity (Wildman–Crippen MR) is 71.6 cm³/mol. The molecule has 4 nitrogen and oxygen atoms in total. The Labute approximate surface area is 122 Å². The van der Waals surface area contributed by atoms with E-state index in [9.17, 15) is 23.1 Å². The molecule has 0 aromatic rings. The van der Waals surface area contributed by atoms with Crippen LogP contribution in [-0.4, -0.2) is 43.4 Å². The van der Waals surface area contributed by atoms with Gasteiger partial charge in [-0.25, -0.2) is 0 Å². The van der Waals surface area contributed by atoms with E-state index in [1.807, 2.05) is 0 Å². The largest absolute Gasteiger partial charge is 0.404 e. The smallest absolute Gasteiger partial charge is 0.396 e. The molecular weight excluding hydrogens is 285 g/mol. The molecule has 1 aliphatic heterocycles. The van der Waals surface area contributed by atoms with E-state index in [1.165, 1.54) is 0 Å². The Bertz CT molecular complexity index is 373. The van der Waals surface area contributed by atoms with Crippen molar-refractivity contribution in [2.24, 2.45) is 10.8 Å². The van der Waals surface area contributed by atoms with E-state index in [0.717, 1.165) is 32.1 Å². The zero-order chi connectivity index (χ0) is 15.6. The van der Waals surface area contributed by atoms with Crippen molar-refractivity contribution in [3.63, 3.8) is 0 Å². The molecule has 1 saturated heterocycles. The van der Waals surface area contributed by atoms with E-state index < -0.39 is 22.9 Å². The van der Waals surface area contributed by atoms with Crippen LogP contribution in [0.4, 0.5) is 13.2 Å². The maximum absolute atomic E-state index is 13.3. The second-order valence-electron chi connectivity index (χ2n) is 6.41. The van der Waals surface area contributed by atoms with Crippen molar-refractivity contribution in [3.05, 3.63) is 0 Å². The van der Waals surface area contributed by atoms with Crippen LogP contribution in [0.1, 0.15) is 38.5 Å². The standard InChI is InChI=1S/C14H23F3N2O2/c15-14(16,17)13(6-7-18-9-13)11(21)19-8-12(10-20)4-2-1-3-5-12/h18,20H,1-10H2,(H,19,21). The van der Waals surface area contributed by atoms with E-state index in [1.54, 1.807) is 0 Å². The first-order chi connectivity index (χ1) is 9.85. The number of alkyl halides is 3. The summed E-state index contributed by atoms with van der Waals surface area (Å²) in [7, 11) is 0. The summed E-state index contributed by atoms with van der Waals surface area (Å²) in [6.45, 7) is -0.142. The minimum atomic E-state index is -4.56. The monoisotopic (exact) mass is 308 g/mol. The highest BCUT2D eigenvalue weighted by molar-refractivity contribution is 5.84. The van der Waals surface area contributed by atoms with Gasteiger partial charge in [-0.2, -0.15) is 13.2 Å². The number of rotatable bonds is 4. The molecule has 1 atom stereocenters. The summed E-state index contributed by atoms with van der Waals surface area (Å²) in [5, 5.41) is 14.7. The van der Waals surface area contributed by atoms with Gasteiger partial charge in [-0.15, -0.1) is 0 Å². The minimum Gasteiger partial charge on any atom is -0.396 e. The lowest BCUT2D eigenvalue weighted by Crippen LogP contribution is -2.54. The number of hydrogen-bond donors (Lipinski definition) is 3. The molecule has 1 aliphatic carbocycles. The number of aliphatic hydroxyl groups excluding tert-OH is 1. The number of aliphatic hydroxyl groups is 1. The molecule has 2 aliphatic rings. The average Bonchev–Trinajstić information content (AvgIpc) is 2.96. The summed E-state index contributed by atoms with van der Waals surface area (Å²) in [4.78, 5) is 12.2. The molecule has 7 heteroatoms. The van der Waals surface area contributed by atoms with Crippen LogP contribution in [0, 0.1) is 10.8 Å². The number of amides is 1. The van der Waals surface area contributed by atoms with E-state index in [-0.39, 0.29) is 32.7 Å². The highest BCUT2D eigenvalue weighted by Crippen LogP contribution is 2.43. The Morgan fingerprint density at radius 1 is 1.19 bits per heavy atom. The molecular formula is C14H23F3N2O2. The van der Waals surface area contributed by atoms with E-state index in [4.69, 9.17) is 0 Å². The van der Waals surface area contributed by atoms with Crippen LogP contribution in [0.2, 0.25) is 0 Å². The first-order valence-corrected chi connectivity index (χ1v) is 7.52. The SMILES string of the molecule is O=C(NCC1(CO)CCCCC1)C1(C(F)(F)F)CCNC1. The third-order valence-electron chi connectivity index (χ3n) is 5.01. The molecule has 1 unspecified atom stereocenters. The van der Waals surface area contributed by atoms with Gasteiger partial charge in [0, 0.05) is 18.5 Å². The Morgan fingerprint density at radius 3 is 2.33 bits per heavy atom. The van der Waals surface area contributed by atoms with Crippen molar-refractivity contribution in [2.45, 2.75) is 44.7 Å². The van der Waals surface area contributed by atoms with Gasteiger partial charge in [0.15, 0.2) is 5.41 Å². The average molecular weight is 308 g/mol. The maximum atomic E-state index is 13.3. The lowest BCUT2D eigenvalue weighted by Gasteiger charge is -2.37. The number of carbonyl (C=O) groups is 1. The molecule has 2 fully saturated rings. The summed E-state index contributed by atoms with van der Waals surface area (Å²) in [5.74, 6) is -0.960. The van der Waals surface area contributed by atoms with Gasteiger partial charge < -0.3 is 15.7 Å². The van der Waals surface area contributed by atoms with Crippen molar-refractivity contribution in [3.8, 4) is 0 Å². The van der Waals surface area contributed by atoms with Gasteiger partial charge in [0.25, 0.3) is 0 Å². The lowest BCUT2D eigenvalue weighted by molar-refractivity contribution is -0.216. The Kier molecular flexibility index (Phi) is 4.82. The Balaban J connectivity index is 2.02. The molecule has 0 aromatic carbocycles. The summed E-state index contributed by atoms with van der Waals surface area (Å²) >= 11 is 0. The van der Waals surface area contributed by atoms with Gasteiger partial charge in [-0.05, 0) is 25.8 Å². The molecule has 1 heterocycles. The van der Waals surface area contributed by atoms with Gasteiger partial charge in [-0.1, -0.05) is 19.3 Å². The second kappa shape index (κ2) is 6.12. The van der Waals surface area contributed by atoms with E-state index in [2.05, 4.69) is 10.6 Å². The van der Waals surface area contributed by atoms with Gasteiger partial charge in [0.05, 0.1) is 6.61 Å². The summed E-state index contributed by atoms with van der Waals surface area (Å²) in [6, 6.07) is 0. The van der Waals surface area contributed by atoms with Gasteiger partial charge >= 0.3 is 6.18 Å². The summed E-state index contributed by atoms with van der Waals surface area (Å²) in [6.07, 6.45) is -0.313. The topological polar surface area (TPSA) is 61.4 Å². The van der Waals surface area contributed by atoms with E-state index in [0.29, 0.717) is 0 Å². The second-order valence-corrected chi connectivity index (χ2v) is 6.41. The highest BCUT2D eigenvalue weighted by Gasteiger charge is 2.61. The molecule has 1 amide bonds. The van der Waals surface area contributed by atoms with Crippen LogP contribution in [0.3, 0.4) is 0 Å². The molecule has 1 saturated carbocycles. The molecule has 21 heavy (non-hydrogen) atoms. The van der Waals surface area contributed by atoms with Crippen molar-refractivity contribution < 1.29 is 23.1 Å². The van der Waals surface area contributed by atoms with Gasteiger partial charge in [-0.3, -0.25) is 4.79 Å². The third-order valence-corrected chi connectivity index (χ3v) is 5.01. The molecule has 2 rings (SSSR count). The van der Waals surface area contributed by atoms with Gasteiger partial charge in [0.1, 0.15) is 0 Å². The lowest BCUT2D eigenvalue weighted by atomic mass is 9.74. The van der Waals surface area contributed by atoms with Crippen LogP contribution in [0.5, 0.6) is 0 Å². The highest BCUT2D eigenvalue weighted by atomic mass is 19.4. The fraction of sp³-hybridized carbons (Fsp3) is 0.929. The van der Waals surface area contributed by atoms with Crippen LogP contribution in [0.15, 0.2) is 0 Å². The molecule has 0 spiro atoms. The van der Waals surface area contributed by atoms with Crippen molar-refractivity contribution in [2.75, 3.05) is 26.2 Å². The molecule has 122 valence electrons. The normalized spacial score (nSPS) is 29.3. The van der Waals surface area contributed by atoms with E-state index >= 15 is 0 Å². The summed E-state index contributed by atoms with van der Waals surface area (Å²) < 4.78 is 39.8. The molecule has 3 N–H and O–H groups in total. The fourth-order valence-electron chi connectivity index (χ4n) is 3.39. The number of nitrogens with one attached hydrogen (secondary N) is 2. The first-order valence-electron chi connectivity index (χ1n) is 7.52. The fourth-order valence-corrected chi connectivity index (χ4v) is 3.39. The zero-order valence-corrected chi connectivity index (χ0v) is 12.1.